The fourth-order valence-corrected chi connectivity index (χ4v) is 2.58. The van der Waals surface area contributed by atoms with Gasteiger partial charge in [-0.3, -0.25) is 0 Å². The Kier molecular flexibility index (Phi) is 8.16. The summed E-state index contributed by atoms with van der Waals surface area (Å²) < 4.78 is 16.8. The second kappa shape index (κ2) is 9.64. The van der Waals surface area contributed by atoms with E-state index in [1.165, 1.54) is 0 Å². The van der Waals surface area contributed by atoms with Gasteiger partial charge >= 0.3 is 0 Å². The molecule has 0 saturated carbocycles. The Morgan fingerprint density at radius 2 is 1.86 bits per heavy atom. The Morgan fingerprint density at radius 3 is 2.38 bits per heavy atom. The van der Waals surface area contributed by atoms with Gasteiger partial charge in [0.2, 0.25) is 0 Å². The van der Waals surface area contributed by atoms with Crippen molar-refractivity contribution < 1.29 is 14.2 Å². The Morgan fingerprint density at radius 1 is 1.10 bits per heavy atom. The molecule has 1 aromatic rings. The highest BCUT2D eigenvalue weighted by Crippen LogP contribution is 2.33. The highest BCUT2D eigenvalue weighted by molar-refractivity contribution is 5.43. The number of likely N-dealkylation sites (N-methyl/N-ethyl adjacent to an activating group) is 1. The predicted octanol–water partition coefficient (Wildman–Crippen LogP) is 3.56. The minimum absolute atomic E-state index is 0.121. The van der Waals surface area contributed by atoms with Gasteiger partial charge in [-0.2, -0.15) is 0 Å². The fraction of sp³-hybridized carbons (Fsp3) is 0.647. The van der Waals surface area contributed by atoms with Crippen LogP contribution in [0.1, 0.15) is 45.2 Å². The molecule has 0 aromatic heterocycles. The number of benzene rings is 1. The third-order valence-electron chi connectivity index (χ3n) is 3.53. The SMILES string of the molecule is CCCC(OCC)C(NCC)c1ccc(OC)cc1OC. The average Bonchev–Trinajstić information content (AvgIpc) is 2.52. The van der Waals surface area contributed by atoms with Crippen molar-refractivity contribution in [3.05, 3.63) is 23.8 Å². The van der Waals surface area contributed by atoms with Crippen molar-refractivity contribution in [2.24, 2.45) is 0 Å². The van der Waals surface area contributed by atoms with Gasteiger partial charge in [0.15, 0.2) is 0 Å². The lowest BCUT2D eigenvalue weighted by molar-refractivity contribution is 0.0274. The number of rotatable bonds is 10. The molecule has 21 heavy (non-hydrogen) atoms. The van der Waals surface area contributed by atoms with Crippen LogP contribution in [0.3, 0.4) is 0 Å². The highest BCUT2D eigenvalue weighted by atomic mass is 16.5. The maximum Gasteiger partial charge on any atom is 0.127 e. The molecule has 1 N–H and O–H groups in total. The van der Waals surface area contributed by atoms with Gasteiger partial charge in [-0.25, -0.2) is 0 Å². The van der Waals surface area contributed by atoms with Crippen molar-refractivity contribution in [1.29, 1.82) is 0 Å². The normalized spacial score (nSPS) is 13.8. The molecule has 1 rings (SSSR count). The lowest BCUT2D eigenvalue weighted by Crippen LogP contribution is -2.34. The third-order valence-corrected chi connectivity index (χ3v) is 3.53. The van der Waals surface area contributed by atoms with Crippen LogP contribution in [-0.2, 0) is 4.74 Å². The summed E-state index contributed by atoms with van der Waals surface area (Å²) in [6.45, 7) is 7.92. The van der Waals surface area contributed by atoms with E-state index in [1.807, 2.05) is 19.1 Å². The summed E-state index contributed by atoms with van der Waals surface area (Å²) >= 11 is 0. The number of methoxy groups -OCH3 is 2. The molecule has 0 aliphatic heterocycles. The van der Waals surface area contributed by atoms with Crippen LogP contribution in [0.5, 0.6) is 11.5 Å². The molecule has 0 aliphatic carbocycles. The maximum atomic E-state index is 5.96. The molecule has 1 aromatic carbocycles. The molecule has 0 spiro atoms. The van der Waals surface area contributed by atoms with E-state index >= 15 is 0 Å². The fourth-order valence-electron chi connectivity index (χ4n) is 2.58. The summed E-state index contributed by atoms with van der Waals surface area (Å²) in [5, 5.41) is 3.53. The van der Waals surface area contributed by atoms with Crippen LogP contribution >= 0.6 is 0 Å². The van der Waals surface area contributed by atoms with Crippen molar-refractivity contribution in [2.75, 3.05) is 27.4 Å². The predicted molar refractivity (Wildman–Crippen MR) is 86.3 cm³/mol. The van der Waals surface area contributed by atoms with E-state index in [2.05, 4.69) is 25.2 Å². The number of ether oxygens (including phenoxy) is 3. The summed E-state index contributed by atoms with van der Waals surface area (Å²) in [5.41, 5.74) is 1.12. The zero-order valence-electron chi connectivity index (χ0n) is 13.9. The summed E-state index contributed by atoms with van der Waals surface area (Å²) in [5.74, 6) is 1.63. The molecule has 0 radical (unpaired) electrons. The van der Waals surface area contributed by atoms with Crippen LogP contribution in [0.2, 0.25) is 0 Å². The Labute approximate surface area is 128 Å². The molecule has 0 aliphatic rings. The molecule has 0 heterocycles. The largest absolute Gasteiger partial charge is 0.497 e. The molecule has 120 valence electrons. The standard InChI is InChI=1S/C17H29NO3/c1-6-9-15(21-8-3)17(18-7-2)14-11-10-13(19-4)12-16(14)20-5/h10-12,15,17-18H,6-9H2,1-5H3. The molecular weight excluding hydrogens is 266 g/mol. The van der Waals surface area contributed by atoms with Crippen LogP contribution in [-0.4, -0.2) is 33.5 Å². The molecular formula is C17H29NO3. The molecule has 4 nitrogen and oxygen atoms in total. The second-order valence-corrected chi connectivity index (χ2v) is 4.93. The molecule has 0 amide bonds. The van der Waals surface area contributed by atoms with E-state index in [9.17, 15) is 0 Å². The van der Waals surface area contributed by atoms with Gasteiger partial charge in [0.1, 0.15) is 11.5 Å². The topological polar surface area (TPSA) is 39.7 Å². The number of hydrogen-bond acceptors (Lipinski definition) is 4. The van der Waals surface area contributed by atoms with Crippen molar-refractivity contribution in [1.82, 2.24) is 5.32 Å². The minimum atomic E-state index is 0.121. The van der Waals surface area contributed by atoms with Crippen LogP contribution in [0.4, 0.5) is 0 Å². The first-order valence-electron chi connectivity index (χ1n) is 7.78. The summed E-state index contributed by atoms with van der Waals surface area (Å²) in [6, 6.07) is 6.08. The van der Waals surface area contributed by atoms with Crippen LogP contribution in [0, 0.1) is 0 Å². The molecule has 0 fully saturated rings. The first kappa shape index (κ1) is 17.8. The summed E-state index contributed by atoms with van der Waals surface area (Å²) in [4.78, 5) is 0. The molecule has 0 saturated heterocycles. The van der Waals surface area contributed by atoms with Crippen LogP contribution < -0.4 is 14.8 Å². The monoisotopic (exact) mass is 295 g/mol. The van der Waals surface area contributed by atoms with Gasteiger partial charge in [0, 0.05) is 18.2 Å². The summed E-state index contributed by atoms with van der Waals surface area (Å²) in [6.07, 6.45) is 2.24. The van der Waals surface area contributed by atoms with Crippen molar-refractivity contribution in [2.45, 2.75) is 45.8 Å². The third kappa shape index (κ3) is 4.90. The Hall–Kier alpha value is -1.26. The van der Waals surface area contributed by atoms with Gasteiger partial charge in [-0.1, -0.05) is 20.3 Å². The van der Waals surface area contributed by atoms with Crippen molar-refractivity contribution in [3.63, 3.8) is 0 Å². The highest BCUT2D eigenvalue weighted by Gasteiger charge is 2.25. The molecule has 2 unspecified atom stereocenters. The number of hydrogen-bond donors (Lipinski definition) is 1. The van der Waals surface area contributed by atoms with Crippen molar-refractivity contribution >= 4 is 0 Å². The molecule has 0 bridgehead atoms. The quantitative estimate of drug-likeness (QED) is 0.716. The van der Waals surface area contributed by atoms with Gasteiger partial charge in [-0.15, -0.1) is 0 Å². The van der Waals surface area contributed by atoms with Gasteiger partial charge in [0.05, 0.1) is 26.4 Å². The van der Waals surface area contributed by atoms with Crippen LogP contribution in [0.15, 0.2) is 18.2 Å². The average molecular weight is 295 g/mol. The van der Waals surface area contributed by atoms with Crippen molar-refractivity contribution in [3.8, 4) is 11.5 Å². The van der Waals surface area contributed by atoms with E-state index in [0.717, 1.165) is 36.4 Å². The van der Waals surface area contributed by atoms with E-state index in [1.54, 1.807) is 14.2 Å². The summed E-state index contributed by atoms with van der Waals surface area (Å²) in [7, 11) is 3.35. The Bertz CT molecular complexity index is 403. The van der Waals surface area contributed by atoms with Gasteiger partial charge in [0.25, 0.3) is 0 Å². The minimum Gasteiger partial charge on any atom is -0.497 e. The van der Waals surface area contributed by atoms with E-state index in [4.69, 9.17) is 14.2 Å². The molecule has 2 atom stereocenters. The first-order valence-corrected chi connectivity index (χ1v) is 7.78. The molecule has 4 heteroatoms. The van der Waals surface area contributed by atoms with E-state index < -0.39 is 0 Å². The van der Waals surface area contributed by atoms with Gasteiger partial charge < -0.3 is 19.5 Å². The van der Waals surface area contributed by atoms with Gasteiger partial charge in [-0.05, 0) is 32.0 Å². The van der Waals surface area contributed by atoms with E-state index in [0.29, 0.717) is 6.61 Å². The second-order valence-electron chi connectivity index (χ2n) is 4.93. The van der Waals surface area contributed by atoms with Crippen LogP contribution in [0.25, 0.3) is 0 Å². The lowest BCUT2D eigenvalue weighted by atomic mass is 9.96. The number of nitrogens with one attached hydrogen (secondary N) is 1. The lowest BCUT2D eigenvalue weighted by Gasteiger charge is -2.29. The zero-order chi connectivity index (χ0) is 15.7. The maximum absolute atomic E-state index is 5.96. The zero-order valence-corrected chi connectivity index (χ0v) is 13.9. The first-order chi connectivity index (χ1) is 10.2. The Balaban J connectivity index is 3.13. The smallest absolute Gasteiger partial charge is 0.127 e. The van der Waals surface area contributed by atoms with E-state index in [-0.39, 0.29) is 12.1 Å².